The quantitative estimate of drug-likeness (QED) is 0.756. The third kappa shape index (κ3) is 3.20. The van der Waals surface area contributed by atoms with Crippen LogP contribution in [0.15, 0.2) is 6.33 Å². The average Bonchev–Trinajstić information content (AvgIpc) is 3.14. The molecule has 1 saturated carbocycles. The summed E-state index contributed by atoms with van der Waals surface area (Å²) < 4.78 is 0. The standard InChI is InChI=1S/C11H18ClN5/c1-2-17(8-3-4-8)6-5-14-11-9(13)10(12)15-7-16-11/h7-8H,2-6,13H2,1H3,(H,14,15,16). The molecular weight excluding hydrogens is 238 g/mol. The summed E-state index contributed by atoms with van der Waals surface area (Å²) in [5, 5.41) is 3.50. The molecule has 1 aromatic heterocycles. The predicted octanol–water partition coefficient (Wildman–Crippen LogP) is 1.61. The van der Waals surface area contributed by atoms with Gasteiger partial charge in [0.25, 0.3) is 0 Å². The molecule has 94 valence electrons. The molecule has 0 aliphatic heterocycles. The first-order valence-electron chi connectivity index (χ1n) is 5.96. The van der Waals surface area contributed by atoms with Crippen LogP contribution in [-0.2, 0) is 0 Å². The monoisotopic (exact) mass is 255 g/mol. The lowest BCUT2D eigenvalue weighted by Crippen LogP contribution is -2.31. The summed E-state index contributed by atoms with van der Waals surface area (Å²) in [7, 11) is 0. The third-order valence-corrected chi connectivity index (χ3v) is 3.30. The Hall–Kier alpha value is -1.07. The number of nitrogen functional groups attached to an aromatic ring is 1. The van der Waals surface area contributed by atoms with Crippen molar-refractivity contribution in [2.75, 3.05) is 30.7 Å². The first-order chi connectivity index (χ1) is 8.22. The van der Waals surface area contributed by atoms with Crippen LogP contribution in [0, 0.1) is 0 Å². The molecule has 0 unspecified atom stereocenters. The Bertz CT molecular complexity index is 380. The average molecular weight is 256 g/mol. The van der Waals surface area contributed by atoms with Crippen LogP contribution in [0.25, 0.3) is 0 Å². The highest BCUT2D eigenvalue weighted by atomic mass is 35.5. The molecule has 1 aliphatic rings. The number of aromatic nitrogens is 2. The molecule has 6 heteroatoms. The van der Waals surface area contributed by atoms with Crippen molar-refractivity contribution >= 4 is 23.1 Å². The van der Waals surface area contributed by atoms with E-state index in [0.717, 1.165) is 25.7 Å². The molecule has 0 atom stereocenters. The number of hydrogen-bond acceptors (Lipinski definition) is 5. The van der Waals surface area contributed by atoms with Crippen LogP contribution in [0.5, 0.6) is 0 Å². The predicted molar refractivity (Wildman–Crippen MR) is 70.2 cm³/mol. The van der Waals surface area contributed by atoms with E-state index >= 15 is 0 Å². The first-order valence-corrected chi connectivity index (χ1v) is 6.34. The molecule has 0 amide bonds. The number of nitrogens with two attached hydrogens (primary N) is 1. The van der Waals surface area contributed by atoms with Gasteiger partial charge >= 0.3 is 0 Å². The summed E-state index contributed by atoms with van der Waals surface area (Å²) >= 11 is 5.82. The van der Waals surface area contributed by atoms with E-state index in [1.807, 2.05) is 0 Å². The zero-order valence-corrected chi connectivity index (χ0v) is 10.7. The maximum atomic E-state index is 5.82. The van der Waals surface area contributed by atoms with Crippen molar-refractivity contribution in [2.45, 2.75) is 25.8 Å². The highest BCUT2D eigenvalue weighted by Gasteiger charge is 2.27. The van der Waals surface area contributed by atoms with Gasteiger partial charge < -0.3 is 11.1 Å². The number of nitrogens with zero attached hydrogens (tertiary/aromatic N) is 3. The van der Waals surface area contributed by atoms with Gasteiger partial charge in [0.15, 0.2) is 11.0 Å². The van der Waals surface area contributed by atoms with E-state index in [1.54, 1.807) is 0 Å². The Morgan fingerprint density at radius 1 is 1.53 bits per heavy atom. The highest BCUT2D eigenvalue weighted by molar-refractivity contribution is 6.32. The van der Waals surface area contributed by atoms with Crippen molar-refractivity contribution in [3.63, 3.8) is 0 Å². The molecule has 0 spiro atoms. The normalized spacial score (nSPS) is 15.2. The molecular formula is C11H18ClN5. The Balaban J connectivity index is 1.83. The molecule has 3 N–H and O–H groups in total. The molecule has 0 aromatic carbocycles. The van der Waals surface area contributed by atoms with E-state index in [4.69, 9.17) is 17.3 Å². The maximum Gasteiger partial charge on any atom is 0.157 e. The molecule has 0 saturated heterocycles. The topological polar surface area (TPSA) is 67.1 Å². The number of hydrogen-bond donors (Lipinski definition) is 2. The third-order valence-electron chi connectivity index (χ3n) is 3.00. The lowest BCUT2D eigenvalue weighted by molar-refractivity contribution is 0.289. The van der Waals surface area contributed by atoms with Crippen molar-refractivity contribution in [1.82, 2.24) is 14.9 Å². The summed E-state index contributed by atoms with van der Waals surface area (Å²) in [4.78, 5) is 10.4. The van der Waals surface area contributed by atoms with Crippen LogP contribution in [0.3, 0.4) is 0 Å². The second kappa shape index (κ2) is 5.51. The van der Waals surface area contributed by atoms with E-state index in [2.05, 4.69) is 27.1 Å². The largest absolute Gasteiger partial charge is 0.393 e. The lowest BCUT2D eigenvalue weighted by Gasteiger charge is -2.20. The molecule has 1 aromatic rings. The Morgan fingerprint density at radius 2 is 2.29 bits per heavy atom. The molecule has 1 aliphatic carbocycles. The molecule has 1 fully saturated rings. The van der Waals surface area contributed by atoms with Gasteiger partial charge in [0.1, 0.15) is 12.0 Å². The first kappa shape index (κ1) is 12.4. The second-order valence-electron chi connectivity index (χ2n) is 4.21. The van der Waals surface area contributed by atoms with Gasteiger partial charge in [0.2, 0.25) is 0 Å². The van der Waals surface area contributed by atoms with E-state index in [-0.39, 0.29) is 0 Å². The minimum atomic E-state index is 0.303. The van der Waals surface area contributed by atoms with Crippen molar-refractivity contribution < 1.29 is 0 Å². The minimum absolute atomic E-state index is 0.303. The van der Waals surface area contributed by atoms with E-state index in [9.17, 15) is 0 Å². The van der Waals surface area contributed by atoms with Crippen LogP contribution in [-0.4, -0.2) is 40.5 Å². The number of halogens is 1. The van der Waals surface area contributed by atoms with Gasteiger partial charge in [-0.3, -0.25) is 4.90 Å². The number of anilines is 2. The van der Waals surface area contributed by atoms with E-state index < -0.39 is 0 Å². The van der Waals surface area contributed by atoms with Crippen molar-refractivity contribution in [3.05, 3.63) is 11.5 Å². The summed E-state index contributed by atoms with van der Waals surface area (Å²) in [5.41, 5.74) is 6.19. The van der Waals surface area contributed by atoms with Crippen molar-refractivity contribution in [2.24, 2.45) is 0 Å². The summed E-state index contributed by atoms with van der Waals surface area (Å²) in [6.45, 7) is 5.10. The van der Waals surface area contributed by atoms with Gasteiger partial charge in [-0.2, -0.15) is 0 Å². The zero-order chi connectivity index (χ0) is 12.3. The Labute approximate surface area is 106 Å². The minimum Gasteiger partial charge on any atom is -0.393 e. The van der Waals surface area contributed by atoms with Gasteiger partial charge in [-0.05, 0) is 19.4 Å². The molecule has 1 heterocycles. The second-order valence-corrected chi connectivity index (χ2v) is 4.57. The van der Waals surface area contributed by atoms with Gasteiger partial charge in [0.05, 0.1) is 0 Å². The van der Waals surface area contributed by atoms with Crippen LogP contribution >= 0.6 is 11.6 Å². The van der Waals surface area contributed by atoms with Gasteiger partial charge in [0, 0.05) is 19.1 Å². The molecule has 5 nitrogen and oxygen atoms in total. The van der Waals surface area contributed by atoms with Crippen molar-refractivity contribution in [3.8, 4) is 0 Å². The van der Waals surface area contributed by atoms with Crippen LogP contribution in [0.4, 0.5) is 11.5 Å². The fourth-order valence-corrected chi connectivity index (χ4v) is 2.00. The maximum absolute atomic E-state index is 5.82. The van der Waals surface area contributed by atoms with Gasteiger partial charge in [-0.1, -0.05) is 18.5 Å². The molecule has 0 radical (unpaired) electrons. The van der Waals surface area contributed by atoms with Crippen LogP contribution < -0.4 is 11.1 Å². The van der Waals surface area contributed by atoms with E-state index in [1.165, 1.54) is 19.2 Å². The molecule has 0 bridgehead atoms. The molecule has 17 heavy (non-hydrogen) atoms. The van der Waals surface area contributed by atoms with Gasteiger partial charge in [-0.25, -0.2) is 9.97 Å². The number of rotatable bonds is 6. The number of likely N-dealkylation sites (N-methyl/N-ethyl adjacent to an activating group) is 1. The van der Waals surface area contributed by atoms with E-state index in [0.29, 0.717) is 16.7 Å². The van der Waals surface area contributed by atoms with Crippen LogP contribution in [0.2, 0.25) is 5.15 Å². The summed E-state index contributed by atoms with van der Waals surface area (Å²) in [6, 6.07) is 0.785. The fraction of sp³-hybridized carbons (Fsp3) is 0.636. The molecule has 2 rings (SSSR count). The smallest absolute Gasteiger partial charge is 0.157 e. The summed E-state index contributed by atoms with van der Waals surface area (Å²) in [5.74, 6) is 0.622. The Kier molecular flexibility index (Phi) is 4.02. The van der Waals surface area contributed by atoms with Gasteiger partial charge in [-0.15, -0.1) is 0 Å². The highest BCUT2D eigenvalue weighted by Crippen LogP contribution is 2.26. The van der Waals surface area contributed by atoms with Crippen molar-refractivity contribution in [1.29, 1.82) is 0 Å². The SMILES string of the molecule is CCN(CCNc1ncnc(Cl)c1N)C1CC1. The van der Waals surface area contributed by atoms with Crippen LogP contribution in [0.1, 0.15) is 19.8 Å². The number of nitrogens with one attached hydrogen (secondary N) is 1. The lowest BCUT2D eigenvalue weighted by atomic mass is 10.4. The fourth-order valence-electron chi connectivity index (χ4n) is 1.87. The zero-order valence-electron chi connectivity index (χ0n) is 9.99. The summed E-state index contributed by atoms with van der Waals surface area (Å²) in [6.07, 6.45) is 4.07. The Morgan fingerprint density at radius 3 is 2.94 bits per heavy atom.